The first-order chi connectivity index (χ1) is 52.0. The Morgan fingerprint density at radius 2 is 0.820 bits per heavy atom. The number of hydrogen-bond acceptors (Lipinski definition) is 34. The summed E-state index contributed by atoms with van der Waals surface area (Å²) in [7, 11) is 0. The van der Waals surface area contributed by atoms with Crippen LogP contribution in [0.25, 0.3) is 0 Å². The molecular formula is C65H105N9O36S. The number of hydrogen-bond donors (Lipinski definition) is 27. The number of aliphatic hydroxyl groups is 15. The number of carbonyl (C=O) groups excluding carboxylic acids is 13. The molecule has 0 bridgehead atoms. The highest BCUT2D eigenvalue weighted by Crippen LogP contribution is 2.27. The van der Waals surface area contributed by atoms with E-state index in [1.54, 1.807) is 0 Å². The lowest BCUT2D eigenvalue weighted by Crippen LogP contribution is -2.51. The molecule has 1 heterocycles. The van der Waals surface area contributed by atoms with Crippen LogP contribution < -0.4 is 43.0 Å². The zero-order chi connectivity index (χ0) is 84.5. The number of carboxylic acid groups (broad SMARTS) is 4. The molecule has 1 rings (SSSR count). The minimum Gasteiger partial charge on any atom is -0.481 e. The molecule has 20 atom stereocenters. The molecule has 45 nitrogen and oxygen atoms in total. The molecule has 1 fully saturated rings. The molecule has 1 unspecified atom stereocenters. The van der Waals surface area contributed by atoms with Crippen molar-refractivity contribution in [2.45, 2.75) is 237 Å². The second kappa shape index (κ2) is 52.8. The first kappa shape index (κ1) is 101. The predicted molar refractivity (Wildman–Crippen MR) is 372 cm³/mol. The summed E-state index contributed by atoms with van der Waals surface area (Å²) in [6, 6.07) is -9.25. The quantitative estimate of drug-likeness (QED) is 0.0153. The molecule has 0 aromatic carbocycles. The summed E-state index contributed by atoms with van der Waals surface area (Å²) in [5.41, 5.74) is 6.00. The number of nitrogens with one attached hydrogen (secondary N) is 7. The number of nitrogens with zero attached hydrogens (tertiary/aromatic N) is 1. The van der Waals surface area contributed by atoms with E-state index in [4.69, 9.17) is 21.1 Å². The predicted octanol–water partition coefficient (Wildman–Crippen LogP) is -12.3. The van der Waals surface area contributed by atoms with Crippen molar-refractivity contribution < 1.29 is 179 Å². The van der Waals surface area contributed by atoms with Gasteiger partial charge in [0.15, 0.2) is 11.6 Å². The smallest absolute Gasteiger partial charge is 0.327 e. The number of ketones is 3. The third-order valence-corrected chi connectivity index (χ3v) is 18.8. The van der Waals surface area contributed by atoms with Crippen molar-refractivity contribution in [3.05, 3.63) is 0 Å². The largest absolute Gasteiger partial charge is 0.481 e. The number of thioether (sulfide) groups is 1. The minimum absolute atomic E-state index is 0.0536. The highest BCUT2D eigenvalue weighted by atomic mass is 32.2. The number of nitrogens with two attached hydrogens (primary N) is 1. The van der Waals surface area contributed by atoms with Gasteiger partial charge in [-0.1, -0.05) is 0 Å². The van der Waals surface area contributed by atoms with Gasteiger partial charge < -0.3 is 145 Å². The van der Waals surface area contributed by atoms with Gasteiger partial charge in [0.2, 0.25) is 53.2 Å². The summed E-state index contributed by atoms with van der Waals surface area (Å²) in [4.78, 5) is 222. The van der Waals surface area contributed by atoms with Gasteiger partial charge in [-0.3, -0.25) is 72.0 Å². The molecule has 632 valence electrons. The van der Waals surface area contributed by atoms with E-state index in [1.807, 2.05) is 0 Å². The lowest BCUT2D eigenvalue weighted by molar-refractivity contribution is -0.143. The van der Waals surface area contributed by atoms with Gasteiger partial charge in [-0.15, -0.1) is 11.8 Å². The molecular weight excluding hydrogens is 1510 g/mol. The Morgan fingerprint density at radius 1 is 0.441 bits per heavy atom. The van der Waals surface area contributed by atoms with Crippen LogP contribution >= 0.6 is 11.8 Å². The summed E-state index contributed by atoms with van der Waals surface area (Å²) >= 11 is 0.513. The Morgan fingerprint density at radius 3 is 1.21 bits per heavy atom. The number of rotatable bonds is 62. The Kier molecular flexibility index (Phi) is 47.9. The third-order valence-electron chi connectivity index (χ3n) is 17.5. The number of Topliss-reactive ketones (excluding diaryl/α,β-unsaturated/α-hetero) is 3. The number of carbonyl (C=O) groups is 17. The molecule has 1 aliphatic rings. The number of unbranched alkanes of at least 4 members (excludes halogenated alkanes) is 2. The minimum atomic E-state index is -2.20. The van der Waals surface area contributed by atoms with Gasteiger partial charge in [0.25, 0.3) is 0 Å². The van der Waals surface area contributed by atoms with E-state index in [-0.39, 0.29) is 31.5 Å². The first-order valence-electron chi connectivity index (χ1n) is 35.2. The van der Waals surface area contributed by atoms with Gasteiger partial charge in [-0.2, -0.15) is 0 Å². The lowest BCUT2D eigenvalue weighted by Gasteiger charge is -2.26. The summed E-state index contributed by atoms with van der Waals surface area (Å²) in [6.45, 7) is -6.32. The summed E-state index contributed by atoms with van der Waals surface area (Å²) in [5.74, 6) is -23.7. The van der Waals surface area contributed by atoms with Crippen LogP contribution in [0, 0.1) is 11.8 Å². The number of amides is 9. The lowest BCUT2D eigenvalue weighted by atomic mass is 9.89. The molecule has 0 spiro atoms. The van der Waals surface area contributed by atoms with Gasteiger partial charge in [0.05, 0.1) is 61.5 Å². The summed E-state index contributed by atoms with van der Waals surface area (Å²) in [5, 5.41) is 201. The van der Waals surface area contributed by atoms with E-state index in [2.05, 4.69) is 37.2 Å². The van der Waals surface area contributed by atoms with Crippen molar-refractivity contribution in [3.8, 4) is 0 Å². The van der Waals surface area contributed by atoms with Crippen LogP contribution in [0.2, 0.25) is 0 Å². The summed E-state index contributed by atoms with van der Waals surface area (Å²) < 4.78 is 0. The van der Waals surface area contributed by atoms with E-state index in [0.717, 1.165) is 0 Å². The number of likely N-dealkylation sites (tertiary alicyclic amines) is 1. The zero-order valence-electron chi connectivity index (χ0n) is 60.3. The average Bonchev–Trinajstić information content (AvgIpc) is 1.76. The Bertz CT molecular complexity index is 3100. The van der Waals surface area contributed by atoms with Gasteiger partial charge in [0, 0.05) is 121 Å². The normalized spacial score (nSPS) is 18.1. The van der Waals surface area contributed by atoms with Gasteiger partial charge >= 0.3 is 23.9 Å². The average molecular weight is 1620 g/mol. The number of aldehydes is 1. The van der Waals surface area contributed by atoms with Crippen LogP contribution in [0.3, 0.4) is 0 Å². The van der Waals surface area contributed by atoms with Crippen LogP contribution in [0.1, 0.15) is 128 Å². The number of aliphatic carboxylic acids is 4. The molecule has 0 aromatic rings. The Labute approximate surface area is 637 Å². The molecule has 9 amide bonds. The third kappa shape index (κ3) is 38.2. The fraction of sp³-hybridized carbons (Fsp3) is 0.738. The van der Waals surface area contributed by atoms with Gasteiger partial charge in [-0.05, 0) is 51.4 Å². The monoisotopic (exact) mass is 1620 g/mol. The fourth-order valence-corrected chi connectivity index (χ4v) is 11.7. The van der Waals surface area contributed by atoms with Crippen LogP contribution in [0.4, 0.5) is 0 Å². The van der Waals surface area contributed by atoms with Gasteiger partial charge in [-0.25, -0.2) is 9.59 Å². The fourth-order valence-electron chi connectivity index (χ4n) is 10.6. The van der Waals surface area contributed by atoms with Crippen LogP contribution in [0.5, 0.6) is 0 Å². The molecule has 0 aliphatic carbocycles. The molecule has 0 aromatic heterocycles. The standard InChI is InChI=1S/C65H105N9O36S/c66-33(8-14-49(90)69-25-42(84)56(99)59(102)45(87)28-78)62(105)72-35(11-16-53(95)96)39(81)20-30(5-12-47(88)67-23-40(82)54(97)57(100)43(85)26-76)60(103)71-34(10-15-52(93)94)38(80)21-31(6-13-48(89)68-24-41(83)55(98)58(101)44(86)27-77)61(104)73-37(65(109)110)29-111-46-22-51(92)74(63(46)106)18-17-50(91)70-36(64(107)108)9-7-32(79)4-2-1-3-19-75/h19,30-31,33-37,40-46,54-59,76-78,82-87,97-102H,1-18,20-29,66H2,(H,67,88)(H,68,89)(H,69,90)(H,70,91)(H,71,103)(H,72,105)(H,73,104)(H,93,94)(H,95,96)(H,107,108)(H,109,110)/t30-,31-,33+,34-,35-,36+,37-,40+,41+,42+,43-,44-,45-,46?,54-,55-,56-,57-,58-,59-/m1/s1. The molecule has 111 heavy (non-hydrogen) atoms. The summed E-state index contributed by atoms with van der Waals surface area (Å²) in [6.07, 6.45) is -35.0. The Balaban J connectivity index is 3.76. The topological polar surface area (TPSA) is 788 Å². The maximum absolute atomic E-state index is 14.6. The molecule has 0 saturated carbocycles. The number of carboxylic acids is 4. The van der Waals surface area contributed by atoms with E-state index < -0.39 is 351 Å². The highest BCUT2D eigenvalue weighted by Gasteiger charge is 2.42. The van der Waals surface area contributed by atoms with Crippen molar-refractivity contribution in [2.75, 3.05) is 51.8 Å². The van der Waals surface area contributed by atoms with E-state index in [0.29, 0.717) is 35.8 Å². The number of imide groups is 1. The van der Waals surface area contributed by atoms with Crippen molar-refractivity contribution in [3.63, 3.8) is 0 Å². The van der Waals surface area contributed by atoms with E-state index in [9.17, 15) is 163 Å². The van der Waals surface area contributed by atoms with E-state index >= 15 is 0 Å². The van der Waals surface area contributed by atoms with Crippen LogP contribution in [0.15, 0.2) is 0 Å². The van der Waals surface area contributed by atoms with Gasteiger partial charge in [0.1, 0.15) is 79.1 Å². The molecule has 1 saturated heterocycles. The second-order valence-electron chi connectivity index (χ2n) is 26.3. The molecule has 28 N–H and O–H groups in total. The van der Waals surface area contributed by atoms with E-state index in [1.165, 1.54) is 0 Å². The van der Waals surface area contributed by atoms with Crippen molar-refractivity contribution in [1.29, 1.82) is 0 Å². The maximum Gasteiger partial charge on any atom is 0.327 e. The zero-order valence-corrected chi connectivity index (χ0v) is 61.1. The SMILES string of the molecule is N[C@@H](CCC(=O)NC[C@H](O)[C@@H](O)[C@H](O)[C@H](O)CO)C(=O)N[C@H](CCC(=O)O)C(=O)C[C@@H](CCC(=O)NC[C@H](O)[C@@H](O)[C@H](O)[C@H](O)CO)C(=O)N[C@H](CCC(=O)O)C(=O)C[C@@H](CCC(=O)NC[C@H](O)[C@@H](O)[C@H](O)[C@H](O)CO)C(=O)N[C@H](CSC1CC(=O)N(CCC(=O)N[C@@H](CCC(=O)CCCCC=O)C(=O)O)C1=O)C(=O)O. The maximum atomic E-state index is 14.6. The van der Waals surface area contributed by atoms with Crippen molar-refractivity contribution in [1.82, 2.24) is 42.1 Å². The second-order valence-corrected chi connectivity index (χ2v) is 27.5. The van der Waals surface area contributed by atoms with Crippen LogP contribution in [-0.2, 0) is 81.5 Å². The van der Waals surface area contributed by atoms with Crippen LogP contribution in [-0.4, -0.2) is 363 Å². The Hall–Kier alpha value is -8.30. The first-order valence-corrected chi connectivity index (χ1v) is 36.2. The molecule has 0 radical (unpaired) electrons. The highest BCUT2D eigenvalue weighted by molar-refractivity contribution is 8.00. The van der Waals surface area contributed by atoms with Crippen molar-refractivity contribution >= 4 is 112 Å². The number of aliphatic hydroxyl groups excluding tert-OH is 15. The molecule has 46 heteroatoms. The van der Waals surface area contributed by atoms with Crippen molar-refractivity contribution in [2.24, 2.45) is 17.6 Å². The molecule has 1 aliphatic heterocycles.